The van der Waals surface area contributed by atoms with Gasteiger partial charge in [0.15, 0.2) is 0 Å². The van der Waals surface area contributed by atoms with E-state index in [1.54, 1.807) is 0 Å². The molecule has 0 saturated carbocycles. The number of benzene rings is 1. The molecule has 0 aliphatic rings. The van der Waals surface area contributed by atoms with E-state index >= 15 is 0 Å². The summed E-state index contributed by atoms with van der Waals surface area (Å²) in [5.74, 6) is 0.617. The zero-order valence-corrected chi connectivity index (χ0v) is 17.7. The fourth-order valence-corrected chi connectivity index (χ4v) is 3.37. The Labute approximate surface area is 176 Å². The number of hydrogen-bond donors (Lipinski definition) is 1. The van der Waals surface area contributed by atoms with Gasteiger partial charge in [-0.2, -0.15) is 0 Å². The maximum Gasteiger partial charge on any atom is 0.257 e. The second-order valence-corrected chi connectivity index (χ2v) is 7.84. The van der Waals surface area contributed by atoms with Gasteiger partial charge in [0.25, 0.3) is 5.91 Å². The van der Waals surface area contributed by atoms with Crippen LogP contribution < -0.4 is 10.1 Å². The number of ether oxygens (including phenoxy) is 1. The fraction of sp³-hybridized carbons (Fsp3) is 0.250. The van der Waals surface area contributed by atoms with E-state index < -0.39 is 0 Å². The second-order valence-electron chi connectivity index (χ2n) is 7.84. The molecule has 6 nitrogen and oxygen atoms in total. The van der Waals surface area contributed by atoms with Gasteiger partial charge in [-0.3, -0.25) is 4.79 Å². The lowest BCUT2D eigenvalue weighted by atomic mass is 10.2. The average molecular weight is 402 g/mol. The van der Waals surface area contributed by atoms with Crippen molar-refractivity contribution in [1.82, 2.24) is 14.0 Å². The summed E-state index contributed by atoms with van der Waals surface area (Å²) < 4.78 is 9.72. The number of pyridine rings is 1. The van der Waals surface area contributed by atoms with E-state index in [0.717, 1.165) is 28.3 Å². The Bertz CT molecular complexity index is 1170. The van der Waals surface area contributed by atoms with Crippen LogP contribution >= 0.6 is 0 Å². The van der Waals surface area contributed by atoms with Crippen LogP contribution in [0.1, 0.15) is 44.1 Å². The normalized spacial score (nSPS) is 11.4. The van der Waals surface area contributed by atoms with Crippen LogP contribution in [-0.2, 0) is 0 Å². The third kappa shape index (κ3) is 3.94. The molecule has 0 spiro atoms. The molecule has 3 heterocycles. The van der Waals surface area contributed by atoms with Gasteiger partial charge < -0.3 is 19.0 Å². The highest BCUT2D eigenvalue weighted by atomic mass is 16.5. The van der Waals surface area contributed by atoms with Crippen molar-refractivity contribution in [3.05, 3.63) is 72.8 Å². The van der Waals surface area contributed by atoms with Gasteiger partial charge in [-0.05, 0) is 70.2 Å². The van der Waals surface area contributed by atoms with Crippen molar-refractivity contribution in [2.24, 2.45) is 0 Å². The van der Waals surface area contributed by atoms with Crippen LogP contribution in [0.25, 0.3) is 16.9 Å². The third-order valence-corrected chi connectivity index (χ3v) is 4.87. The highest BCUT2D eigenvalue weighted by molar-refractivity contribution is 6.10. The second kappa shape index (κ2) is 8.06. The van der Waals surface area contributed by atoms with Gasteiger partial charge in [-0.25, -0.2) is 4.98 Å². The van der Waals surface area contributed by atoms with Crippen molar-refractivity contribution in [1.29, 1.82) is 0 Å². The first-order chi connectivity index (χ1) is 14.4. The van der Waals surface area contributed by atoms with Gasteiger partial charge in [0, 0.05) is 24.1 Å². The van der Waals surface area contributed by atoms with Gasteiger partial charge >= 0.3 is 0 Å². The lowest BCUT2D eigenvalue weighted by Crippen LogP contribution is -2.11. The van der Waals surface area contributed by atoms with Crippen LogP contribution in [0.2, 0.25) is 0 Å². The molecule has 1 N–H and O–H groups in total. The van der Waals surface area contributed by atoms with Gasteiger partial charge in [0.1, 0.15) is 11.4 Å². The Kier molecular flexibility index (Phi) is 5.31. The van der Waals surface area contributed by atoms with Crippen LogP contribution in [-0.4, -0.2) is 26.0 Å². The minimum absolute atomic E-state index is 0.107. The summed E-state index contributed by atoms with van der Waals surface area (Å²) in [6, 6.07) is 15.5. The number of fused-ring (bicyclic) bond motifs is 1. The standard InChI is InChI=1S/C24H26N4O2/c1-16(2)27-14-21(25-15-27)23-13-20(22-7-5-6-12-28(22)23)24(29)26-18-8-10-19(11-9-18)30-17(3)4/h5-17H,1-4H3,(H,26,29). The maximum absolute atomic E-state index is 13.1. The van der Waals surface area contributed by atoms with Gasteiger partial charge in [-0.1, -0.05) is 6.07 Å². The molecule has 0 fully saturated rings. The van der Waals surface area contributed by atoms with E-state index in [2.05, 4.69) is 28.7 Å². The smallest absolute Gasteiger partial charge is 0.257 e. The molecule has 0 atom stereocenters. The predicted molar refractivity (Wildman–Crippen MR) is 119 cm³/mol. The van der Waals surface area contributed by atoms with Crippen LogP contribution in [0.5, 0.6) is 5.75 Å². The molecule has 0 bridgehead atoms. The summed E-state index contributed by atoms with van der Waals surface area (Å²) >= 11 is 0. The van der Waals surface area contributed by atoms with Crippen LogP contribution in [0.4, 0.5) is 5.69 Å². The maximum atomic E-state index is 13.1. The molecule has 0 radical (unpaired) electrons. The largest absolute Gasteiger partial charge is 0.491 e. The predicted octanol–water partition coefficient (Wildman–Crippen LogP) is 5.42. The number of amides is 1. The zero-order chi connectivity index (χ0) is 21.3. The quantitative estimate of drug-likeness (QED) is 0.468. The summed E-state index contributed by atoms with van der Waals surface area (Å²) in [4.78, 5) is 17.6. The van der Waals surface area contributed by atoms with E-state index in [0.29, 0.717) is 11.6 Å². The highest BCUT2D eigenvalue weighted by Gasteiger charge is 2.18. The van der Waals surface area contributed by atoms with E-state index in [1.807, 2.05) is 85.5 Å². The Hall–Kier alpha value is -3.54. The zero-order valence-electron chi connectivity index (χ0n) is 17.7. The number of hydrogen-bond acceptors (Lipinski definition) is 3. The van der Waals surface area contributed by atoms with Crippen LogP contribution in [0.3, 0.4) is 0 Å². The molecule has 0 aliphatic carbocycles. The van der Waals surface area contributed by atoms with Gasteiger partial charge in [0.2, 0.25) is 0 Å². The Morgan fingerprint density at radius 2 is 1.83 bits per heavy atom. The number of imidazole rings is 1. The molecule has 0 unspecified atom stereocenters. The lowest BCUT2D eigenvalue weighted by Gasteiger charge is -2.10. The average Bonchev–Trinajstić information content (AvgIpc) is 3.34. The molecule has 6 heteroatoms. The molecule has 0 aliphatic heterocycles. The fourth-order valence-electron chi connectivity index (χ4n) is 3.37. The Morgan fingerprint density at radius 3 is 2.50 bits per heavy atom. The first kappa shape index (κ1) is 19.8. The van der Waals surface area contributed by atoms with Crippen LogP contribution in [0.15, 0.2) is 67.3 Å². The minimum Gasteiger partial charge on any atom is -0.491 e. The summed E-state index contributed by atoms with van der Waals surface area (Å²) in [5.41, 5.74) is 3.88. The van der Waals surface area contributed by atoms with E-state index in [4.69, 9.17) is 4.74 Å². The molecule has 1 aromatic carbocycles. The molecule has 0 saturated heterocycles. The number of rotatable bonds is 6. The Morgan fingerprint density at radius 1 is 1.07 bits per heavy atom. The van der Waals surface area contributed by atoms with E-state index in [9.17, 15) is 4.79 Å². The molecular formula is C24H26N4O2. The Balaban J connectivity index is 1.64. The molecule has 30 heavy (non-hydrogen) atoms. The van der Waals surface area contributed by atoms with Crippen molar-refractivity contribution in [2.45, 2.75) is 39.8 Å². The SMILES string of the molecule is CC(C)Oc1ccc(NC(=O)c2cc(-c3cn(C(C)C)cn3)n3ccccc23)cc1. The van der Waals surface area contributed by atoms with Crippen molar-refractivity contribution in [2.75, 3.05) is 5.32 Å². The number of aromatic nitrogens is 3. The lowest BCUT2D eigenvalue weighted by molar-refractivity contribution is 0.102. The molecule has 154 valence electrons. The summed E-state index contributed by atoms with van der Waals surface area (Å²) in [6.07, 6.45) is 5.89. The number of nitrogens with one attached hydrogen (secondary N) is 1. The monoisotopic (exact) mass is 402 g/mol. The van der Waals surface area contributed by atoms with Crippen molar-refractivity contribution >= 4 is 17.1 Å². The van der Waals surface area contributed by atoms with Gasteiger partial charge in [-0.15, -0.1) is 0 Å². The minimum atomic E-state index is -0.161. The number of carbonyl (C=O) groups is 1. The van der Waals surface area contributed by atoms with Crippen molar-refractivity contribution < 1.29 is 9.53 Å². The van der Waals surface area contributed by atoms with E-state index in [1.165, 1.54) is 0 Å². The molecule has 4 aromatic rings. The summed E-state index contributed by atoms with van der Waals surface area (Å²) in [7, 11) is 0. The first-order valence-corrected chi connectivity index (χ1v) is 10.1. The number of anilines is 1. The molecule has 1 amide bonds. The molecule has 3 aromatic heterocycles. The molecule has 4 rings (SSSR count). The molecular weight excluding hydrogens is 376 g/mol. The first-order valence-electron chi connectivity index (χ1n) is 10.1. The van der Waals surface area contributed by atoms with E-state index in [-0.39, 0.29) is 12.0 Å². The summed E-state index contributed by atoms with van der Waals surface area (Å²) in [6.45, 7) is 8.18. The van der Waals surface area contributed by atoms with Gasteiger partial charge in [0.05, 0.1) is 29.2 Å². The topological polar surface area (TPSA) is 60.6 Å². The van der Waals surface area contributed by atoms with Crippen molar-refractivity contribution in [3.63, 3.8) is 0 Å². The van der Waals surface area contributed by atoms with Crippen LogP contribution in [0, 0.1) is 0 Å². The summed E-state index contributed by atoms with van der Waals surface area (Å²) in [5, 5.41) is 2.99. The highest BCUT2D eigenvalue weighted by Crippen LogP contribution is 2.27. The number of carbonyl (C=O) groups excluding carboxylic acids is 1. The number of nitrogens with zero attached hydrogens (tertiary/aromatic N) is 3. The third-order valence-electron chi connectivity index (χ3n) is 4.87. The van der Waals surface area contributed by atoms with Crippen molar-refractivity contribution in [3.8, 4) is 17.1 Å².